The number of hydrogen-bond acceptors (Lipinski definition) is 8. The molecule has 2 saturated heterocycles. The van der Waals surface area contributed by atoms with Crippen LogP contribution in [0.1, 0.15) is 13.3 Å². The molecule has 0 aromatic carbocycles. The molecule has 2 rings (SSSR count). The molecular formula is C15H23N5O8S2. The second kappa shape index (κ2) is 9.61. The first-order valence-electron chi connectivity index (χ1n) is 9.00. The van der Waals surface area contributed by atoms with Crippen molar-refractivity contribution < 1.29 is 36.9 Å². The van der Waals surface area contributed by atoms with Crippen LogP contribution in [0.4, 0.5) is 4.79 Å². The van der Waals surface area contributed by atoms with Crippen molar-refractivity contribution in [3.8, 4) is 0 Å². The SMILES string of the molecule is CCN1CCN(C(=O)N[C@H](CCSC)C(=O)NC2CN(S(=O)(=O)O)C2=O)C(=O)C1=O. The van der Waals surface area contributed by atoms with Gasteiger partial charge in [-0.1, -0.05) is 0 Å². The van der Waals surface area contributed by atoms with Gasteiger partial charge in [-0.15, -0.1) is 0 Å². The third-order valence-electron chi connectivity index (χ3n) is 4.65. The largest absolute Gasteiger partial charge is 0.362 e. The van der Waals surface area contributed by atoms with Gasteiger partial charge >= 0.3 is 28.1 Å². The van der Waals surface area contributed by atoms with E-state index in [2.05, 4.69) is 10.6 Å². The highest BCUT2D eigenvalue weighted by atomic mass is 32.2. The summed E-state index contributed by atoms with van der Waals surface area (Å²) >= 11 is 1.40. The monoisotopic (exact) mass is 465 g/mol. The number of hydrogen-bond donors (Lipinski definition) is 3. The highest BCUT2D eigenvalue weighted by Gasteiger charge is 2.45. The lowest BCUT2D eigenvalue weighted by Gasteiger charge is -2.36. The molecular weight excluding hydrogens is 442 g/mol. The molecule has 0 spiro atoms. The van der Waals surface area contributed by atoms with Crippen LogP contribution in [0.15, 0.2) is 0 Å². The topological polar surface area (TPSA) is 173 Å². The lowest BCUT2D eigenvalue weighted by atomic mass is 10.1. The maximum Gasteiger partial charge on any atom is 0.362 e. The van der Waals surface area contributed by atoms with Crippen molar-refractivity contribution in [1.29, 1.82) is 0 Å². The average Bonchev–Trinajstić information content (AvgIpc) is 2.68. The molecule has 168 valence electrons. The Morgan fingerprint density at radius 3 is 2.43 bits per heavy atom. The fourth-order valence-corrected chi connectivity index (χ4v) is 4.05. The fraction of sp³-hybridized carbons (Fsp3) is 0.667. The predicted octanol–water partition coefficient (Wildman–Crippen LogP) is -2.36. The Kier molecular flexibility index (Phi) is 7.65. The summed E-state index contributed by atoms with van der Waals surface area (Å²) in [6, 6.07) is -3.20. The van der Waals surface area contributed by atoms with Crippen LogP contribution < -0.4 is 10.6 Å². The van der Waals surface area contributed by atoms with Crippen molar-refractivity contribution in [1.82, 2.24) is 24.7 Å². The molecule has 0 aromatic rings. The Morgan fingerprint density at radius 1 is 1.23 bits per heavy atom. The summed E-state index contributed by atoms with van der Waals surface area (Å²) in [7, 11) is -4.69. The predicted molar refractivity (Wildman–Crippen MR) is 104 cm³/mol. The van der Waals surface area contributed by atoms with E-state index in [0.717, 1.165) is 4.90 Å². The summed E-state index contributed by atoms with van der Waals surface area (Å²) in [5.74, 6) is -3.10. The van der Waals surface area contributed by atoms with Gasteiger partial charge in [0.1, 0.15) is 12.1 Å². The molecule has 2 atom stereocenters. The number of rotatable bonds is 8. The van der Waals surface area contributed by atoms with Gasteiger partial charge in [0.15, 0.2) is 0 Å². The number of likely N-dealkylation sites (N-methyl/N-ethyl adjacent to an activating group) is 1. The van der Waals surface area contributed by atoms with Gasteiger partial charge in [-0.25, -0.2) is 9.10 Å². The van der Waals surface area contributed by atoms with Crippen LogP contribution in [0.2, 0.25) is 0 Å². The number of carbonyl (C=O) groups is 5. The van der Waals surface area contributed by atoms with Crippen molar-refractivity contribution in [2.75, 3.05) is 38.2 Å². The van der Waals surface area contributed by atoms with Gasteiger partial charge in [-0.05, 0) is 25.4 Å². The second-order valence-electron chi connectivity index (χ2n) is 6.53. The number of β-lactam (4-membered cyclic amide) rings is 1. The van der Waals surface area contributed by atoms with Crippen molar-refractivity contribution >= 4 is 51.7 Å². The first-order chi connectivity index (χ1) is 14.0. The standard InChI is InChI=1S/C15H23N5O8S2/c1-3-18-5-6-19(14(24)13(18)23)15(25)17-9(4-7-29-2)11(21)16-10-8-20(12(10)22)30(26,27)28/h9-10H,3-8H2,1-2H3,(H,16,21)(H,17,25)(H,26,27,28)/t9-,10?/m1/s1. The van der Waals surface area contributed by atoms with Crippen LogP contribution in [-0.2, 0) is 29.5 Å². The number of amides is 6. The first-order valence-corrected chi connectivity index (χ1v) is 11.8. The first kappa shape index (κ1) is 23.9. The molecule has 3 N–H and O–H groups in total. The van der Waals surface area contributed by atoms with E-state index in [1.165, 1.54) is 16.7 Å². The molecule has 6 amide bonds. The van der Waals surface area contributed by atoms with Gasteiger partial charge in [-0.2, -0.15) is 20.2 Å². The van der Waals surface area contributed by atoms with E-state index in [9.17, 15) is 32.4 Å². The van der Waals surface area contributed by atoms with E-state index < -0.39 is 58.6 Å². The van der Waals surface area contributed by atoms with Crippen LogP contribution in [0.25, 0.3) is 0 Å². The van der Waals surface area contributed by atoms with Crippen molar-refractivity contribution in [3.05, 3.63) is 0 Å². The number of nitrogens with zero attached hydrogens (tertiary/aromatic N) is 3. The molecule has 2 fully saturated rings. The molecule has 0 saturated carbocycles. The summed E-state index contributed by atoms with van der Waals surface area (Å²) in [5, 5.41) is 4.71. The third kappa shape index (κ3) is 5.20. The molecule has 0 radical (unpaired) electrons. The van der Waals surface area contributed by atoms with Crippen LogP contribution in [0, 0.1) is 0 Å². The van der Waals surface area contributed by atoms with E-state index in [-0.39, 0.29) is 23.8 Å². The molecule has 13 nitrogen and oxygen atoms in total. The molecule has 1 unspecified atom stereocenters. The molecule has 30 heavy (non-hydrogen) atoms. The molecule has 2 aliphatic rings. The molecule has 2 heterocycles. The lowest BCUT2D eigenvalue weighted by Crippen LogP contribution is -2.67. The number of urea groups is 1. The Labute approximate surface area is 177 Å². The van der Waals surface area contributed by atoms with Crippen molar-refractivity contribution in [2.24, 2.45) is 0 Å². The van der Waals surface area contributed by atoms with Gasteiger partial charge < -0.3 is 15.5 Å². The summed E-state index contributed by atoms with van der Waals surface area (Å²) in [6.07, 6.45) is 1.95. The van der Waals surface area contributed by atoms with Crippen LogP contribution in [-0.4, -0.2) is 107 Å². The zero-order valence-electron chi connectivity index (χ0n) is 16.4. The summed E-state index contributed by atoms with van der Waals surface area (Å²) in [5.41, 5.74) is 0. The van der Waals surface area contributed by atoms with Crippen LogP contribution in [0.5, 0.6) is 0 Å². The number of carbonyl (C=O) groups excluding carboxylic acids is 5. The highest BCUT2D eigenvalue weighted by molar-refractivity contribution is 7.98. The zero-order chi connectivity index (χ0) is 22.6. The number of imide groups is 1. The van der Waals surface area contributed by atoms with Crippen molar-refractivity contribution in [2.45, 2.75) is 25.4 Å². The van der Waals surface area contributed by atoms with Crippen LogP contribution in [0.3, 0.4) is 0 Å². The quantitative estimate of drug-likeness (QED) is 0.201. The molecule has 15 heteroatoms. The lowest BCUT2D eigenvalue weighted by molar-refractivity contribution is -0.153. The van der Waals surface area contributed by atoms with E-state index in [0.29, 0.717) is 12.3 Å². The number of nitrogens with one attached hydrogen (secondary N) is 2. The molecule has 2 aliphatic heterocycles. The second-order valence-corrected chi connectivity index (χ2v) is 8.86. The minimum absolute atomic E-state index is 0.0223. The number of thioether (sulfide) groups is 1. The van der Waals surface area contributed by atoms with E-state index >= 15 is 0 Å². The average molecular weight is 466 g/mol. The smallest absolute Gasteiger partial charge is 0.341 e. The van der Waals surface area contributed by atoms with E-state index in [1.54, 1.807) is 13.2 Å². The summed E-state index contributed by atoms with van der Waals surface area (Å²) < 4.78 is 31.0. The van der Waals surface area contributed by atoms with Gasteiger partial charge in [0.05, 0.1) is 6.54 Å². The molecule has 0 aliphatic carbocycles. The Bertz CT molecular complexity index is 848. The maximum atomic E-state index is 12.5. The van der Waals surface area contributed by atoms with Gasteiger partial charge in [0, 0.05) is 19.6 Å². The summed E-state index contributed by atoms with van der Waals surface area (Å²) in [4.78, 5) is 62.9. The van der Waals surface area contributed by atoms with E-state index in [1.807, 2.05) is 0 Å². The van der Waals surface area contributed by atoms with Gasteiger partial charge in [0.2, 0.25) is 5.91 Å². The highest BCUT2D eigenvalue weighted by Crippen LogP contribution is 2.15. The van der Waals surface area contributed by atoms with E-state index in [4.69, 9.17) is 4.55 Å². The van der Waals surface area contributed by atoms with Crippen molar-refractivity contribution in [3.63, 3.8) is 0 Å². The molecule has 0 aromatic heterocycles. The van der Waals surface area contributed by atoms with Gasteiger partial charge in [-0.3, -0.25) is 28.6 Å². The Morgan fingerprint density at radius 2 is 1.90 bits per heavy atom. The Hall–Kier alpha value is -2.39. The minimum atomic E-state index is -4.69. The van der Waals surface area contributed by atoms with Gasteiger partial charge in [0.25, 0.3) is 5.91 Å². The zero-order valence-corrected chi connectivity index (χ0v) is 18.0. The Balaban J connectivity index is 2.01. The number of piperazine rings is 1. The minimum Gasteiger partial charge on any atom is -0.341 e. The maximum absolute atomic E-state index is 12.5. The normalized spacial score (nSPS) is 20.7. The van der Waals surface area contributed by atoms with Crippen LogP contribution >= 0.6 is 11.8 Å². The third-order valence-corrected chi connectivity index (χ3v) is 6.18. The fourth-order valence-electron chi connectivity index (χ4n) is 2.88. The summed E-state index contributed by atoms with van der Waals surface area (Å²) in [6.45, 7) is 1.76. The molecule has 0 bridgehead atoms.